The monoisotopic (exact) mass is 348 g/mol. The van der Waals surface area contributed by atoms with E-state index < -0.39 is 0 Å². The fraction of sp³-hybridized carbons (Fsp3) is 0.333. The molecule has 134 valence electrons. The van der Waals surface area contributed by atoms with Crippen LogP contribution in [0.4, 0.5) is 0 Å². The van der Waals surface area contributed by atoms with Gasteiger partial charge in [0.1, 0.15) is 5.82 Å². The molecule has 0 bridgehead atoms. The molecular weight excluding hydrogens is 324 g/mol. The Morgan fingerprint density at radius 1 is 1.04 bits per heavy atom. The molecule has 2 aromatic carbocycles. The molecular formula is C21H24N4O. The minimum absolute atomic E-state index is 0.0741. The predicted molar refractivity (Wildman–Crippen MR) is 103 cm³/mol. The van der Waals surface area contributed by atoms with Gasteiger partial charge in [0.2, 0.25) is 0 Å². The zero-order valence-electron chi connectivity index (χ0n) is 14.9. The summed E-state index contributed by atoms with van der Waals surface area (Å²) in [5.41, 5.74) is 3.85. The number of hydrogen-bond donors (Lipinski definition) is 2. The van der Waals surface area contributed by atoms with Crippen molar-refractivity contribution in [3.63, 3.8) is 0 Å². The van der Waals surface area contributed by atoms with Crippen LogP contribution in [0.15, 0.2) is 48.5 Å². The number of carbonyl (C=O) groups excluding carboxylic acids is 1. The van der Waals surface area contributed by atoms with Crippen molar-refractivity contribution in [3.8, 4) is 0 Å². The number of carbonyl (C=O) groups is 1. The van der Waals surface area contributed by atoms with Gasteiger partial charge in [0.15, 0.2) is 0 Å². The van der Waals surface area contributed by atoms with Gasteiger partial charge in [0, 0.05) is 12.1 Å². The van der Waals surface area contributed by atoms with E-state index in [0.717, 1.165) is 23.4 Å². The Morgan fingerprint density at radius 2 is 1.81 bits per heavy atom. The van der Waals surface area contributed by atoms with Gasteiger partial charge in [0.25, 0.3) is 5.91 Å². The van der Waals surface area contributed by atoms with E-state index in [1.54, 1.807) is 0 Å². The molecule has 0 spiro atoms. The number of nitrogens with one attached hydrogen (secondary N) is 2. The highest BCUT2D eigenvalue weighted by atomic mass is 16.1. The second-order valence-electron chi connectivity index (χ2n) is 6.92. The molecule has 0 aliphatic carbocycles. The lowest BCUT2D eigenvalue weighted by atomic mass is 10.1. The van der Waals surface area contributed by atoms with Crippen molar-refractivity contribution >= 4 is 16.9 Å². The third-order valence-corrected chi connectivity index (χ3v) is 4.93. The van der Waals surface area contributed by atoms with Gasteiger partial charge in [-0.1, -0.05) is 30.7 Å². The predicted octanol–water partition coefficient (Wildman–Crippen LogP) is 3.48. The number of H-pyrrole nitrogens is 1. The van der Waals surface area contributed by atoms with Crippen LogP contribution < -0.4 is 5.32 Å². The van der Waals surface area contributed by atoms with Crippen LogP contribution in [-0.4, -0.2) is 33.9 Å². The molecule has 5 nitrogen and oxygen atoms in total. The Hall–Kier alpha value is -2.66. The summed E-state index contributed by atoms with van der Waals surface area (Å²) in [6.07, 6.45) is 3.94. The Bertz CT molecular complexity index is 845. The number of imidazole rings is 1. The average Bonchev–Trinajstić information content (AvgIpc) is 3.10. The molecule has 1 aliphatic rings. The van der Waals surface area contributed by atoms with E-state index >= 15 is 0 Å². The molecule has 1 amide bonds. The molecule has 2 N–H and O–H groups in total. The van der Waals surface area contributed by atoms with E-state index in [9.17, 15) is 4.79 Å². The highest BCUT2D eigenvalue weighted by molar-refractivity contribution is 5.94. The summed E-state index contributed by atoms with van der Waals surface area (Å²) >= 11 is 0. The summed E-state index contributed by atoms with van der Waals surface area (Å²) in [6.45, 7) is 3.73. The third kappa shape index (κ3) is 3.94. The van der Waals surface area contributed by atoms with Gasteiger partial charge in [-0.25, -0.2) is 4.98 Å². The van der Waals surface area contributed by atoms with Crippen LogP contribution >= 0.6 is 0 Å². The van der Waals surface area contributed by atoms with Gasteiger partial charge in [-0.2, -0.15) is 0 Å². The van der Waals surface area contributed by atoms with E-state index in [1.807, 2.05) is 36.4 Å². The van der Waals surface area contributed by atoms with E-state index in [1.165, 1.54) is 37.9 Å². The number of aromatic amines is 1. The SMILES string of the molecule is O=C(NCc1nc2ccccc2[nH]1)c1ccc(CN2CCCCC2)cc1. The standard InChI is InChI=1S/C21H24N4O/c26-21(22-14-20-23-18-6-2-3-7-19(18)24-20)17-10-8-16(9-11-17)15-25-12-4-1-5-13-25/h2-3,6-11H,1,4-5,12-15H2,(H,22,26)(H,23,24). The topological polar surface area (TPSA) is 61.0 Å². The van der Waals surface area contributed by atoms with E-state index in [0.29, 0.717) is 12.1 Å². The number of benzene rings is 2. The zero-order valence-corrected chi connectivity index (χ0v) is 14.9. The van der Waals surface area contributed by atoms with Crippen LogP contribution in [0.2, 0.25) is 0 Å². The molecule has 0 unspecified atom stereocenters. The van der Waals surface area contributed by atoms with Crippen molar-refractivity contribution in [1.82, 2.24) is 20.2 Å². The van der Waals surface area contributed by atoms with E-state index in [4.69, 9.17) is 0 Å². The summed E-state index contributed by atoms with van der Waals surface area (Å²) < 4.78 is 0. The lowest BCUT2D eigenvalue weighted by Crippen LogP contribution is -2.29. The molecule has 26 heavy (non-hydrogen) atoms. The fourth-order valence-electron chi connectivity index (χ4n) is 3.49. The van der Waals surface area contributed by atoms with Crippen molar-refractivity contribution < 1.29 is 4.79 Å². The average molecular weight is 348 g/mol. The largest absolute Gasteiger partial charge is 0.345 e. The summed E-state index contributed by atoms with van der Waals surface area (Å²) in [5, 5.41) is 2.93. The Kier molecular flexibility index (Phi) is 4.97. The maximum atomic E-state index is 12.4. The molecule has 5 heteroatoms. The fourth-order valence-corrected chi connectivity index (χ4v) is 3.49. The minimum atomic E-state index is -0.0741. The number of fused-ring (bicyclic) bond motifs is 1. The summed E-state index contributed by atoms with van der Waals surface area (Å²) in [4.78, 5) is 22.6. The van der Waals surface area contributed by atoms with Crippen molar-refractivity contribution in [3.05, 3.63) is 65.5 Å². The number of nitrogens with zero attached hydrogens (tertiary/aromatic N) is 2. The van der Waals surface area contributed by atoms with Gasteiger partial charge in [-0.15, -0.1) is 0 Å². The number of piperidine rings is 1. The quantitative estimate of drug-likeness (QED) is 0.742. The van der Waals surface area contributed by atoms with Crippen LogP contribution in [0, 0.1) is 0 Å². The van der Waals surface area contributed by atoms with Crippen LogP contribution in [0.5, 0.6) is 0 Å². The van der Waals surface area contributed by atoms with Crippen molar-refractivity contribution in [2.75, 3.05) is 13.1 Å². The van der Waals surface area contributed by atoms with Crippen molar-refractivity contribution in [2.24, 2.45) is 0 Å². The Labute approximate surface area is 153 Å². The van der Waals surface area contributed by atoms with Crippen LogP contribution in [0.25, 0.3) is 11.0 Å². The second-order valence-corrected chi connectivity index (χ2v) is 6.92. The molecule has 1 saturated heterocycles. The molecule has 1 aliphatic heterocycles. The highest BCUT2D eigenvalue weighted by Crippen LogP contribution is 2.14. The van der Waals surface area contributed by atoms with Gasteiger partial charge in [0.05, 0.1) is 17.6 Å². The van der Waals surface area contributed by atoms with Crippen LogP contribution in [0.1, 0.15) is 41.0 Å². The lowest BCUT2D eigenvalue weighted by Gasteiger charge is -2.26. The lowest BCUT2D eigenvalue weighted by molar-refractivity contribution is 0.0950. The summed E-state index contributed by atoms with van der Waals surface area (Å²) in [6, 6.07) is 15.8. The van der Waals surface area contributed by atoms with Gasteiger partial charge < -0.3 is 10.3 Å². The number of para-hydroxylation sites is 2. The zero-order chi connectivity index (χ0) is 17.8. The first-order valence-electron chi connectivity index (χ1n) is 9.31. The normalized spacial score (nSPS) is 15.2. The maximum absolute atomic E-state index is 12.4. The first kappa shape index (κ1) is 16.8. The van der Waals surface area contributed by atoms with E-state index in [2.05, 4.69) is 32.3 Å². The first-order valence-corrected chi connectivity index (χ1v) is 9.31. The molecule has 2 heterocycles. The van der Waals surface area contributed by atoms with Gasteiger partial charge in [-0.05, 0) is 55.8 Å². The molecule has 1 aromatic heterocycles. The van der Waals surface area contributed by atoms with Crippen molar-refractivity contribution in [2.45, 2.75) is 32.4 Å². The number of likely N-dealkylation sites (tertiary alicyclic amines) is 1. The molecule has 1 fully saturated rings. The van der Waals surface area contributed by atoms with Gasteiger partial charge in [-0.3, -0.25) is 9.69 Å². The molecule has 0 saturated carbocycles. The van der Waals surface area contributed by atoms with Crippen LogP contribution in [0.3, 0.4) is 0 Å². The summed E-state index contributed by atoms with van der Waals surface area (Å²) in [7, 11) is 0. The highest BCUT2D eigenvalue weighted by Gasteiger charge is 2.11. The summed E-state index contributed by atoms with van der Waals surface area (Å²) in [5.74, 6) is 0.691. The Balaban J connectivity index is 1.33. The maximum Gasteiger partial charge on any atom is 0.251 e. The van der Waals surface area contributed by atoms with Crippen molar-refractivity contribution in [1.29, 1.82) is 0 Å². The number of hydrogen-bond acceptors (Lipinski definition) is 3. The second kappa shape index (κ2) is 7.70. The number of rotatable bonds is 5. The van der Waals surface area contributed by atoms with E-state index in [-0.39, 0.29) is 5.91 Å². The number of aromatic nitrogens is 2. The molecule has 3 aromatic rings. The molecule has 0 atom stereocenters. The molecule has 4 rings (SSSR count). The Morgan fingerprint density at radius 3 is 2.58 bits per heavy atom. The first-order chi connectivity index (χ1) is 12.8. The van der Waals surface area contributed by atoms with Gasteiger partial charge >= 0.3 is 0 Å². The number of amides is 1. The molecule has 0 radical (unpaired) electrons. The smallest absolute Gasteiger partial charge is 0.251 e. The minimum Gasteiger partial charge on any atom is -0.345 e. The van der Waals surface area contributed by atoms with Crippen LogP contribution in [-0.2, 0) is 13.1 Å². The third-order valence-electron chi connectivity index (χ3n) is 4.93.